The maximum atomic E-state index is 12.4. The number of hydrogen-bond acceptors (Lipinski definition) is 4. The number of amides is 1. The van der Waals surface area contributed by atoms with Crippen LogP contribution in [0.25, 0.3) is 0 Å². The molecule has 0 bridgehead atoms. The van der Waals surface area contributed by atoms with Crippen LogP contribution in [0.3, 0.4) is 0 Å². The molecule has 0 aliphatic rings. The van der Waals surface area contributed by atoms with Gasteiger partial charge in [-0.15, -0.1) is 11.3 Å². The normalized spacial score (nSPS) is 10.6. The van der Waals surface area contributed by atoms with Gasteiger partial charge in [-0.1, -0.05) is 17.7 Å². The maximum Gasteiger partial charge on any atom is 0.266 e. The lowest BCUT2D eigenvalue weighted by molar-refractivity contribution is 0.103. The molecule has 0 aliphatic heterocycles. The summed E-state index contributed by atoms with van der Waals surface area (Å²) in [6.07, 6.45) is 1.69. The lowest BCUT2D eigenvalue weighted by Crippen LogP contribution is -2.11. The number of pyridine rings is 1. The predicted molar refractivity (Wildman–Crippen MR) is 106 cm³/mol. The van der Waals surface area contributed by atoms with Gasteiger partial charge in [0.15, 0.2) is 0 Å². The molecule has 0 saturated carbocycles. The molecule has 0 unspecified atom stereocenters. The van der Waals surface area contributed by atoms with Gasteiger partial charge in [-0.3, -0.25) is 4.79 Å². The fraction of sp³-hybridized carbons (Fsp3) is 0.238. The molecule has 2 aromatic heterocycles. The summed E-state index contributed by atoms with van der Waals surface area (Å²) in [7, 11) is 0. The van der Waals surface area contributed by atoms with Crippen LogP contribution in [-0.2, 0) is 6.61 Å². The molecule has 0 radical (unpaired) electrons. The van der Waals surface area contributed by atoms with Crippen molar-refractivity contribution in [1.29, 1.82) is 0 Å². The van der Waals surface area contributed by atoms with Crippen molar-refractivity contribution < 1.29 is 9.53 Å². The van der Waals surface area contributed by atoms with E-state index in [1.165, 1.54) is 16.9 Å². The summed E-state index contributed by atoms with van der Waals surface area (Å²) in [5.74, 6) is 1.32. The minimum absolute atomic E-state index is 0.151. The lowest BCUT2D eigenvalue weighted by Gasteiger charge is -2.12. The zero-order valence-corrected chi connectivity index (χ0v) is 16.2. The monoisotopic (exact) mass is 366 g/mol. The van der Waals surface area contributed by atoms with Crippen molar-refractivity contribution >= 4 is 23.1 Å². The Morgan fingerprint density at radius 2 is 1.81 bits per heavy atom. The van der Waals surface area contributed by atoms with Crippen molar-refractivity contribution in [3.63, 3.8) is 0 Å². The smallest absolute Gasteiger partial charge is 0.266 e. The van der Waals surface area contributed by atoms with Crippen LogP contribution in [0.5, 0.6) is 5.75 Å². The van der Waals surface area contributed by atoms with Crippen LogP contribution in [0.2, 0.25) is 0 Å². The highest BCUT2D eigenvalue weighted by molar-refractivity contribution is 7.12. The highest BCUT2D eigenvalue weighted by atomic mass is 32.1. The van der Waals surface area contributed by atoms with Crippen LogP contribution in [0.4, 0.5) is 5.82 Å². The third kappa shape index (κ3) is 4.29. The van der Waals surface area contributed by atoms with E-state index in [-0.39, 0.29) is 5.91 Å². The van der Waals surface area contributed by atoms with Gasteiger partial charge in [0.05, 0.1) is 4.88 Å². The van der Waals surface area contributed by atoms with Gasteiger partial charge in [0, 0.05) is 11.8 Å². The molecular formula is C21H22N2O2S. The summed E-state index contributed by atoms with van der Waals surface area (Å²) in [6, 6.07) is 9.84. The second kappa shape index (κ2) is 7.70. The van der Waals surface area contributed by atoms with E-state index in [0.717, 1.165) is 28.0 Å². The summed E-state index contributed by atoms with van der Waals surface area (Å²) >= 11 is 1.41. The van der Waals surface area contributed by atoms with Gasteiger partial charge < -0.3 is 10.1 Å². The second-order valence-electron chi connectivity index (χ2n) is 6.51. The molecule has 1 N–H and O–H groups in total. The van der Waals surface area contributed by atoms with Gasteiger partial charge in [-0.2, -0.15) is 0 Å². The molecule has 26 heavy (non-hydrogen) atoms. The Morgan fingerprint density at radius 3 is 2.50 bits per heavy atom. The summed E-state index contributed by atoms with van der Waals surface area (Å²) in [4.78, 5) is 17.2. The van der Waals surface area contributed by atoms with Crippen LogP contribution in [0.1, 0.15) is 37.5 Å². The molecule has 0 spiro atoms. The summed E-state index contributed by atoms with van der Waals surface area (Å²) < 4.78 is 6.00. The first-order valence-corrected chi connectivity index (χ1v) is 9.32. The number of carbonyl (C=O) groups excluding carboxylic acids is 1. The Bertz CT molecular complexity index is 924. The first kappa shape index (κ1) is 18.1. The van der Waals surface area contributed by atoms with Crippen molar-refractivity contribution in [2.75, 3.05) is 5.32 Å². The molecule has 3 rings (SSSR count). The van der Waals surface area contributed by atoms with Crippen molar-refractivity contribution in [3.05, 3.63) is 74.6 Å². The molecule has 0 saturated heterocycles. The van der Waals surface area contributed by atoms with E-state index < -0.39 is 0 Å². The third-order valence-corrected chi connectivity index (χ3v) is 5.00. The first-order chi connectivity index (χ1) is 12.4. The Morgan fingerprint density at radius 1 is 1.08 bits per heavy atom. The molecule has 1 amide bonds. The van der Waals surface area contributed by atoms with Crippen LogP contribution in [-0.4, -0.2) is 10.9 Å². The third-order valence-electron chi connectivity index (χ3n) is 4.02. The second-order valence-corrected chi connectivity index (χ2v) is 7.42. The standard InChI is InChI=1S/C21H22N2O2S/c1-13-5-6-22-19(9-13)23-21(24)18-10-17(12-26-18)11-25-20-15(3)7-14(2)8-16(20)4/h5-10,12H,11H2,1-4H3,(H,22,23,24). The number of anilines is 1. The number of hydrogen-bond donors (Lipinski definition) is 1. The zero-order chi connectivity index (χ0) is 18.7. The molecule has 5 heteroatoms. The lowest BCUT2D eigenvalue weighted by atomic mass is 10.1. The zero-order valence-electron chi connectivity index (χ0n) is 15.4. The van der Waals surface area contributed by atoms with E-state index in [1.54, 1.807) is 6.20 Å². The molecular weight excluding hydrogens is 344 g/mol. The van der Waals surface area contributed by atoms with E-state index in [9.17, 15) is 4.79 Å². The molecule has 0 atom stereocenters. The van der Waals surface area contributed by atoms with Crippen molar-refractivity contribution in [1.82, 2.24) is 4.98 Å². The maximum absolute atomic E-state index is 12.4. The van der Waals surface area contributed by atoms with Gasteiger partial charge >= 0.3 is 0 Å². The number of aryl methyl sites for hydroxylation is 4. The molecule has 1 aromatic carbocycles. The largest absolute Gasteiger partial charge is 0.488 e. The van der Waals surface area contributed by atoms with E-state index in [4.69, 9.17) is 4.74 Å². The highest BCUT2D eigenvalue weighted by Crippen LogP contribution is 2.26. The quantitative estimate of drug-likeness (QED) is 0.674. The average molecular weight is 366 g/mol. The van der Waals surface area contributed by atoms with Gasteiger partial charge in [-0.05, 0) is 68.0 Å². The Labute approximate surface area is 157 Å². The Hall–Kier alpha value is -2.66. The topological polar surface area (TPSA) is 51.2 Å². The van der Waals surface area contributed by atoms with Crippen LogP contribution < -0.4 is 10.1 Å². The minimum atomic E-state index is -0.151. The molecule has 4 nitrogen and oxygen atoms in total. The van der Waals surface area contributed by atoms with E-state index in [0.29, 0.717) is 17.3 Å². The molecule has 134 valence electrons. The summed E-state index contributed by atoms with van der Waals surface area (Å²) in [5.41, 5.74) is 5.52. The highest BCUT2D eigenvalue weighted by Gasteiger charge is 2.12. The van der Waals surface area contributed by atoms with E-state index in [1.807, 2.05) is 30.5 Å². The Balaban J connectivity index is 1.65. The van der Waals surface area contributed by atoms with Crippen LogP contribution >= 0.6 is 11.3 Å². The van der Waals surface area contributed by atoms with Crippen molar-refractivity contribution in [2.24, 2.45) is 0 Å². The number of benzene rings is 1. The average Bonchev–Trinajstić information content (AvgIpc) is 3.03. The number of nitrogens with one attached hydrogen (secondary N) is 1. The number of rotatable bonds is 5. The van der Waals surface area contributed by atoms with Gasteiger partial charge in [0.2, 0.25) is 0 Å². The fourth-order valence-electron chi connectivity index (χ4n) is 2.90. The number of thiophene rings is 1. The number of ether oxygens (including phenoxy) is 1. The summed E-state index contributed by atoms with van der Waals surface area (Å²) in [6.45, 7) is 8.59. The molecule has 2 heterocycles. The first-order valence-electron chi connectivity index (χ1n) is 8.44. The SMILES string of the molecule is Cc1ccnc(NC(=O)c2cc(COc3c(C)cc(C)cc3C)cs2)c1. The summed E-state index contributed by atoms with van der Waals surface area (Å²) in [5, 5.41) is 4.79. The van der Waals surface area contributed by atoms with Crippen molar-refractivity contribution in [3.8, 4) is 5.75 Å². The molecule has 0 aliphatic carbocycles. The Kier molecular flexibility index (Phi) is 5.38. The number of aromatic nitrogens is 1. The molecule has 3 aromatic rings. The van der Waals surface area contributed by atoms with Gasteiger partial charge in [0.25, 0.3) is 5.91 Å². The predicted octanol–water partition coefficient (Wildman–Crippen LogP) is 5.21. The van der Waals surface area contributed by atoms with Gasteiger partial charge in [-0.25, -0.2) is 4.98 Å². The van der Waals surface area contributed by atoms with Crippen LogP contribution in [0.15, 0.2) is 41.9 Å². The van der Waals surface area contributed by atoms with Gasteiger partial charge in [0.1, 0.15) is 18.2 Å². The van der Waals surface area contributed by atoms with Crippen LogP contribution in [0, 0.1) is 27.7 Å². The van der Waals surface area contributed by atoms with Crippen molar-refractivity contribution in [2.45, 2.75) is 34.3 Å². The fourth-order valence-corrected chi connectivity index (χ4v) is 3.69. The van der Waals surface area contributed by atoms with E-state index in [2.05, 4.69) is 43.2 Å². The number of nitrogens with zero attached hydrogens (tertiary/aromatic N) is 1. The molecule has 0 fully saturated rings. The van der Waals surface area contributed by atoms with E-state index >= 15 is 0 Å². The minimum Gasteiger partial charge on any atom is -0.488 e. The number of carbonyl (C=O) groups is 1.